The van der Waals surface area contributed by atoms with Crippen molar-refractivity contribution in [2.75, 3.05) is 11.9 Å². The van der Waals surface area contributed by atoms with Crippen LogP contribution in [-0.2, 0) is 6.54 Å². The van der Waals surface area contributed by atoms with E-state index < -0.39 is 0 Å². The number of nitrogens with two attached hydrogens (primary N) is 1. The maximum absolute atomic E-state index is 5.58. The Morgan fingerprint density at radius 2 is 2.00 bits per heavy atom. The van der Waals surface area contributed by atoms with E-state index in [1.807, 2.05) is 31.3 Å². The average Bonchev–Trinajstić information content (AvgIpc) is 2.40. The summed E-state index contributed by atoms with van der Waals surface area (Å²) in [6.07, 6.45) is 5.29. The van der Waals surface area contributed by atoms with Crippen molar-refractivity contribution in [1.29, 1.82) is 0 Å². The highest BCUT2D eigenvalue weighted by Crippen LogP contribution is 2.15. The molecule has 0 saturated carbocycles. The van der Waals surface area contributed by atoms with Crippen molar-refractivity contribution >= 4 is 22.9 Å². The molecular formula is C13H14N4S. The molecule has 2 aromatic heterocycles. The molecular weight excluding hydrogens is 244 g/mol. The van der Waals surface area contributed by atoms with Crippen LogP contribution in [0.2, 0.25) is 0 Å². The molecule has 92 valence electrons. The van der Waals surface area contributed by atoms with E-state index in [9.17, 15) is 0 Å². The molecule has 2 N–H and O–H groups in total. The lowest BCUT2D eigenvalue weighted by atomic mass is 10.2. The lowest BCUT2D eigenvalue weighted by Gasteiger charge is -2.19. The minimum absolute atomic E-state index is 0.314. The number of hydrogen-bond acceptors (Lipinski definition) is 4. The van der Waals surface area contributed by atoms with Gasteiger partial charge in [0.2, 0.25) is 0 Å². The lowest BCUT2D eigenvalue weighted by molar-refractivity contribution is 0.917. The van der Waals surface area contributed by atoms with Crippen molar-refractivity contribution in [2.24, 2.45) is 5.73 Å². The second kappa shape index (κ2) is 5.55. The second-order valence-electron chi connectivity index (χ2n) is 3.98. The van der Waals surface area contributed by atoms with E-state index in [2.05, 4.69) is 14.9 Å². The minimum atomic E-state index is 0.314. The maximum Gasteiger partial charge on any atom is 0.122 e. The van der Waals surface area contributed by atoms with Gasteiger partial charge in [-0.05, 0) is 29.8 Å². The van der Waals surface area contributed by atoms with Crippen LogP contribution in [0.4, 0.5) is 5.69 Å². The van der Waals surface area contributed by atoms with Gasteiger partial charge in [0.15, 0.2) is 0 Å². The van der Waals surface area contributed by atoms with Gasteiger partial charge in [-0.15, -0.1) is 0 Å². The highest BCUT2D eigenvalue weighted by atomic mass is 32.1. The molecule has 0 aliphatic heterocycles. The minimum Gasteiger partial charge on any atom is -0.388 e. The third kappa shape index (κ3) is 3.01. The third-order valence-corrected chi connectivity index (χ3v) is 2.81. The van der Waals surface area contributed by atoms with Gasteiger partial charge in [0, 0.05) is 37.9 Å². The van der Waals surface area contributed by atoms with E-state index in [0.29, 0.717) is 10.7 Å². The molecule has 0 spiro atoms. The Kier molecular flexibility index (Phi) is 3.84. The summed E-state index contributed by atoms with van der Waals surface area (Å²) in [5, 5.41) is 0. The van der Waals surface area contributed by atoms with Crippen molar-refractivity contribution in [3.05, 3.63) is 54.1 Å². The summed E-state index contributed by atoms with van der Waals surface area (Å²) in [6.45, 7) is 0.795. The van der Waals surface area contributed by atoms with Crippen molar-refractivity contribution in [2.45, 2.75) is 6.54 Å². The summed E-state index contributed by atoms with van der Waals surface area (Å²) in [5.41, 5.74) is 8.45. The zero-order valence-electron chi connectivity index (χ0n) is 10.1. The third-order valence-electron chi connectivity index (χ3n) is 2.61. The number of hydrogen-bond donors (Lipinski definition) is 1. The second-order valence-corrected chi connectivity index (χ2v) is 4.41. The largest absolute Gasteiger partial charge is 0.388 e. The summed E-state index contributed by atoms with van der Waals surface area (Å²) < 4.78 is 0. The van der Waals surface area contributed by atoms with Crippen molar-refractivity contribution in [1.82, 2.24) is 9.97 Å². The predicted octanol–water partition coefficient (Wildman–Crippen LogP) is 1.75. The van der Waals surface area contributed by atoms with Crippen LogP contribution >= 0.6 is 12.2 Å². The fraction of sp³-hybridized carbons (Fsp3) is 0.154. The van der Waals surface area contributed by atoms with Crippen LogP contribution in [-0.4, -0.2) is 22.0 Å². The van der Waals surface area contributed by atoms with Crippen LogP contribution in [0.3, 0.4) is 0 Å². The molecule has 0 aromatic carbocycles. The molecule has 2 rings (SSSR count). The highest BCUT2D eigenvalue weighted by molar-refractivity contribution is 7.80. The summed E-state index contributed by atoms with van der Waals surface area (Å²) in [4.78, 5) is 10.5. The van der Waals surface area contributed by atoms with Crippen LogP contribution < -0.4 is 10.6 Å². The zero-order chi connectivity index (χ0) is 13.0. The van der Waals surface area contributed by atoms with Gasteiger partial charge >= 0.3 is 0 Å². The monoisotopic (exact) mass is 258 g/mol. The number of anilines is 1. The standard InChI is InChI=1S/C13H14N4S/c1-17(9-10-2-5-15-6-3-10)11-4-7-16-12(8-11)13(14)18/h2-8H,9H2,1H3,(H2,14,18). The molecule has 0 fully saturated rings. The Labute approximate surface area is 111 Å². The molecule has 18 heavy (non-hydrogen) atoms. The van der Waals surface area contributed by atoms with Gasteiger partial charge in [0.25, 0.3) is 0 Å². The average molecular weight is 258 g/mol. The molecule has 4 nitrogen and oxygen atoms in total. The maximum atomic E-state index is 5.58. The molecule has 0 bridgehead atoms. The fourth-order valence-electron chi connectivity index (χ4n) is 1.64. The van der Waals surface area contributed by atoms with Gasteiger partial charge in [0.05, 0.1) is 5.69 Å². The SMILES string of the molecule is CN(Cc1ccncc1)c1ccnc(C(N)=S)c1. The number of pyridine rings is 2. The molecule has 0 unspecified atom stereocenters. The zero-order valence-corrected chi connectivity index (χ0v) is 10.9. The molecule has 2 aromatic rings. The van der Waals surface area contributed by atoms with Crippen molar-refractivity contribution in [3.8, 4) is 0 Å². The number of aromatic nitrogens is 2. The predicted molar refractivity (Wildman–Crippen MR) is 76.5 cm³/mol. The van der Waals surface area contributed by atoms with Crippen molar-refractivity contribution in [3.63, 3.8) is 0 Å². The summed E-state index contributed by atoms with van der Waals surface area (Å²) >= 11 is 4.93. The van der Waals surface area contributed by atoms with Crippen molar-refractivity contribution < 1.29 is 0 Å². The first-order chi connectivity index (χ1) is 8.66. The Hall–Kier alpha value is -2.01. The number of rotatable bonds is 4. The van der Waals surface area contributed by atoms with Crippen LogP contribution in [0.1, 0.15) is 11.3 Å². The molecule has 0 atom stereocenters. The lowest BCUT2D eigenvalue weighted by Crippen LogP contribution is -2.18. The molecule has 2 heterocycles. The van der Waals surface area contributed by atoms with Crippen LogP contribution in [0.25, 0.3) is 0 Å². The first-order valence-corrected chi connectivity index (χ1v) is 5.93. The van der Waals surface area contributed by atoms with Crippen LogP contribution in [0, 0.1) is 0 Å². The van der Waals surface area contributed by atoms with E-state index in [1.54, 1.807) is 18.6 Å². The Bertz CT molecular complexity index is 542. The topological polar surface area (TPSA) is 55.0 Å². The Morgan fingerprint density at radius 1 is 1.28 bits per heavy atom. The van der Waals surface area contributed by atoms with Gasteiger partial charge in [0.1, 0.15) is 4.99 Å². The quantitative estimate of drug-likeness (QED) is 0.847. The summed E-state index contributed by atoms with van der Waals surface area (Å²) in [7, 11) is 2.01. The van der Waals surface area contributed by atoms with E-state index >= 15 is 0 Å². The Morgan fingerprint density at radius 3 is 2.67 bits per heavy atom. The van der Waals surface area contributed by atoms with Gasteiger partial charge in [-0.2, -0.15) is 0 Å². The normalized spacial score (nSPS) is 10.1. The number of nitrogens with zero attached hydrogens (tertiary/aromatic N) is 3. The summed E-state index contributed by atoms with van der Waals surface area (Å²) in [5.74, 6) is 0. The van der Waals surface area contributed by atoms with Crippen LogP contribution in [0.5, 0.6) is 0 Å². The fourth-order valence-corrected chi connectivity index (χ4v) is 1.76. The van der Waals surface area contributed by atoms with E-state index in [-0.39, 0.29) is 0 Å². The molecule has 0 radical (unpaired) electrons. The smallest absolute Gasteiger partial charge is 0.122 e. The van der Waals surface area contributed by atoms with E-state index in [1.165, 1.54) is 5.56 Å². The number of thiocarbonyl (C=S) groups is 1. The first kappa shape index (κ1) is 12.4. The van der Waals surface area contributed by atoms with E-state index in [4.69, 9.17) is 18.0 Å². The van der Waals surface area contributed by atoms with Gasteiger partial charge in [-0.3, -0.25) is 9.97 Å². The highest BCUT2D eigenvalue weighted by Gasteiger charge is 2.05. The molecule has 0 saturated heterocycles. The molecule has 0 aliphatic rings. The van der Waals surface area contributed by atoms with Gasteiger partial charge in [-0.1, -0.05) is 12.2 Å². The van der Waals surface area contributed by atoms with Crippen LogP contribution in [0.15, 0.2) is 42.9 Å². The first-order valence-electron chi connectivity index (χ1n) is 5.52. The molecule has 0 aliphatic carbocycles. The van der Waals surface area contributed by atoms with Gasteiger partial charge in [-0.25, -0.2) is 0 Å². The summed E-state index contributed by atoms with van der Waals surface area (Å²) in [6, 6.07) is 7.81. The van der Waals surface area contributed by atoms with E-state index in [0.717, 1.165) is 12.2 Å². The van der Waals surface area contributed by atoms with Gasteiger partial charge < -0.3 is 10.6 Å². The molecule has 0 amide bonds. The Balaban J connectivity index is 2.16. The molecule has 5 heteroatoms.